The molecule has 0 atom stereocenters. The number of amides is 1. The van der Waals surface area contributed by atoms with E-state index in [2.05, 4.69) is 38.4 Å². The fourth-order valence-corrected chi connectivity index (χ4v) is 2.75. The molecule has 5 nitrogen and oxygen atoms in total. The minimum atomic E-state index is -0.528. The first-order chi connectivity index (χ1) is 10.6. The average molecular weight is 388 g/mol. The third-order valence-electron chi connectivity index (χ3n) is 2.71. The Bertz CT molecular complexity index is 651. The maximum absolute atomic E-state index is 13.5. The van der Waals surface area contributed by atoms with Crippen LogP contribution < -0.4 is 10.1 Å². The number of aromatic nitrogens is 2. The number of hydrogen-bond acceptors (Lipinski definition) is 5. The van der Waals surface area contributed by atoms with E-state index in [0.29, 0.717) is 9.60 Å². The van der Waals surface area contributed by atoms with E-state index < -0.39 is 11.7 Å². The normalized spacial score (nSPS) is 10.5. The molecule has 2 aromatic rings. The second-order valence-corrected chi connectivity index (χ2v) is 6.49. The molecule has 0 aliphatic heterocycles. The summed E-state index contributed by atoms with van der Waals surface area (Å²) in [6.45, 7) is 1.81. The fourth-order valence-electron chi connectivity index (χ4n) is 1.62. The second kappa shape index (κ2) is 8.19. The molecule has 0 radical (unpaired) electrons. The van der Waals surface area contributed by atoms with Gasteiger partial charge in [0.05, 0.1) is 0 Å². The van der Waals surface area contributed by atoms with Crippen LogP contribution in [-0.2, 0) is 11.2 Å². The van der Waals surface area contributed by atoms with E-state index in [-0.39, 0.29) is 12.4 Å². The number of rotatable bonds is 7. The summed E-state index contributed by atoms with van der Waals surface area (Å²) < 4.78 is 19.3. The van der Waals surface area contributed by atoms with Crippen LogP contribution in [0.4, 0.5) is 9.52 Å². The zero-order valence-corrected chi connectivity index (χ0v) is 14.3. The van der Waals surface area contributed by atoms with E-state index in [4.69, 9.17) is 4.74 Å². The molecule has 1 N–H and O–H groups in total. The van der Waals surface area contributed by atoms with Crippen LogP contribution in [0.3, 0.4) is 0 Å². The maximum atomic E-state index is 13.5. The lowest BCUT2D eigenvalue weighted by atomic mass is 10.3. The first-order valence-electron chi connectivity index (χ1n) is 6.78. The topological polar surface area (TPSA) is 64.1 Å². The molecule has 0 aliphatic rings. The number of halogens is 2. The SMILES string of the molecule is CCCCc1nnc(NC(=O)COc2ccc(Br)cc2F)s1. The van der Waals surface area contributed by atoms with Crippen molar-refractivity contribution in [2.75, 3.05) is 11.9 Å². The van der Waals surface area contributed by atoms with Crippen molar-refractivity contribution in [2.24, 2.45) is 0 Å². The summed E-state index contributed by atoms with van der Waals surface area (Å²) in [5.41, 5.74) is 0. The van der Waals surface area contributed by atoms with Gasteiger partial charge in [-0.05, 0) is 24.6 Å². The summed E-state index contributed by atoms with van der Waals surface area (Å²) in [6.07, 6.45) is 2.97. The Kier molecular flexibility index (Phi) is 6.26. The number of nitrogens with one attached hydrogen (secondary N) is 1. The third-order valence-corrected chi connectivity index (χ3v) is 4.10. The molecule has 0 saturated carbocycles. The highest BCUT2D eigenvalue weighted by Crippen LogP contribution is 2.21. The van der Waals surface area contributed by atoms with E-state index in [9.17, 15) is 9.18 Å². The van der Waals surface area contributed by atoms with E-state index in [0.717, 1.165) is 24.3 Å². The molecular weight excluding hydrogens is 373 g/mol. The van der Waals surface area contributed by atoms with Gasteiger partial charge in [-0.25, -0.2) is 4.39 Å². The Morgan fingerprint density at radius 3 is 3.00 bits per heavy atom. The largest absolute Gasteiger partial charge is 0.481 e. The summed E-state index contributed by atoms with van der Waals surface area (Å²) in [4.78, 5) is 11.8. The molecule has 1 amide bonds. The third kappa shape index (κ3) is 5.03. The summed E-state index contributed by atoms with van der Waals surface area (Å²) >= 11 is 4.49. The zero-order valence-electron chi connectivity index (χ0n) is 11.9. The van der Waals surface area contributed by atoms with E-state index >= 15 is 0 Å². The van der Waals surface area contributed by atoms with E-state index in [1.165, 1.54) is 23.5 Å². The van der Waals surface area contributed by atoms with E-state index in [1.54, 1.807) is 6.07 Å². The van der Waals surface area contributed by atoms with Crippen molar-refractivity contribution in [3.8, 4) is 5.75 Å². The number of ether oxygens (including phenoxy) is 1. The summed E-state index contributed by atoms with van der Waals surface area (Å²) in [6, 6.07) is 4.37. The molecule has 0 spiro atoms. The smallest absolute Gasteiger partial charge is 0.264 e. The molecule has 1 aromatic heterocycles. The highest BCUT2D eigenvalue weighted by atomic mass is 79.9. The van der Waals surface area contributed by atoms with Gasteiger partial charge in [-0.2, -0.15) is 0 Å². The number of anilines is 1. The number of hydrogen-bond donors (Lipinski definition) is 1. The van der Waals surface area contributed by atoms with Crippen molar-refractivity contribution in [2.45, 2.75) is 26.2 Å². The first kappa shape index (κ1) is 16.8. The van der Waals surface area contributed by atoms with Crippen LogP contribution in [0, 0.1) is 5.82 Å². The molecule has 1 aromatic carbocycles. The summed E-state index contributed by atoms with van der Waals surface area (Å²) in [5, 5.41) is 11.8. The molecule has 8 heteroatoms. The standard InChI is InChI=1S/C14H15BrFN3O2S/c1-2-3-4-13-18-19-14(22-13)17-12(20)8-21-11-6-5-9(15)7-10(11)16/h5-7H,2-4,8H2,1H3,(H,17,19,20). The van der Waals surface area contributed by atoms with Crippen LogP contribution in [0.15, 0.2) is 22.7 Å². The van der Waals surface area contributed by atoms with Crippen molar-refractivity contribution in [1.82, 2.24) is 10.2 Å². The van der Waals surface area contributed by atoms with Gasteiger partial charge in [0.2, 0.25) is 5.13 Å². The van der Waals surface area contributed by atoms with Gasteiger partial charge in [-0.15, -0.1) is 10.2 Å². The summed E-state index contributed by atoms with van der Waals surface area (Å²) in [7, 11) is 0. The summed E-state index contributed by atoms with van der Waals surface area (Å²) in [5.74, 6) is -0.903. The molecule has 2 rings (SSSR count). The van der Waals surface area contributed by atoms with Crippen molar-refractivity contribution in [3.63, 3.8) is 0 Å². The highest BCUT2D eigenvalue weighted by molar-refractivity contribution is 9.10. The highest BCUT2D eigenvalue weighted by Gasteiger charge is 2.10. The molecule has 118 valence electrons. The number of benzene rings is 1. The van der Waals surface area contributed by atoms with Gasteiger partial charge in [-0.3, -0.25) is 10.1 Å². The van der Waals surface area contributed by atoms with Gasteiger partial charge >= 0.3 is 0 Å². The van der Waals surface area contributed by atoms with Gasteiger partial charge in [0.1, 0.15) is 5.01 Å². The van der Waals surface area contributed by atoms with Gasteiger partial charge in [0.25, 0.3) is 5.91 Å². The van der Waals surface area contributed by atoms with Crippen molar-refractivity contribution in [3.05, 3.63) is 33.5 Å². The molecule has 0 aliphatic carbocycles. The van der Waals surface area contributed by atoms with Gasteiger partial charge in [0, 0.05) is 10.9 Å². The number of aryl methyl sites for hydroxylation is 1. The molecular formula is C14H15BrFN3O2S. The molecule has 0 bridgehead atoms. The quantitative estimate of drug-likeness (QED) is 0.784. The lowest BCUT2D eigenvalue weighted by Crippen LogP contribution is -2.20. The molecule has 0 saturated heterocycles. The average Bonchev–Trinajstić information content (AvgIpc) is 2.91. The van der Waals surface area contributed by atoms with Crippen LogP contribution in [-0.4, -0.2) is 22.7 Å². The maximum Gasteiger partial charge on any atom is 0.264 e. The first-order valence-corrected chi connectivity index (χ1v) is 8.39. The minimum Gasteiger partial charge on any atom is -0.481 e. The lowest BCUT2D eigenvalue weighted by molar-refractivity contribution is -0.118. The predicted molar refractivity (Wildman–Crippen MR) is 86.7 cm³/mol. The lowest BCUT2D eigenvalue weighted by Gasteiger charge is -2.06. The number of nitrogens with zero attached hydrogens (tertiary/aromatic N) is 2. The minimum absolute atomic E-state index is 0.0271. The number of carbonyl (C=O) groups is 1. The van der Waals surface area contributed by atoms with Crippen LogP contribution in [0.2, 0.25) is 0 Å². The van der Waals surface area contributed by atoms with Crippen molar-refractivity contribution >= 4 is 38.3 Å². The van der Waals surface area contributed by atoms with Gasteiger partial charge < -0.3 is 4.74 Å². The van der Waals surface area contributed by atoms with Crippen LogP contribution in [0.25, 0.3) is 0 Å². The van der Waals surface area contributed by atoms with Crippen LogP contribution >= 0.6 is 27.3 Å². The molecule has 0 fully saturated rings. The van der Waals surface area contributed by atoms with Crippen molar-refractivity contribution < 1.29 is 13.9 Å². The number of carbonyl (C=O) groups excluding carboxylic acids is 1. The van der Waals surface area contributed by atoms with Gasteiger partial charge in [-0.1, -0.05) is 40.6 Å². The Morgan fingerprint density at radius 2 is 2.27 bits per heavy atom. The second-order valence-electron chi connectivity index (χ2n) is 4.52. The Morgan fingerprint density at radius 1 is 1.45 bits per heavy atom. The zero-order chi connectivity index (χ0) is 15.9. The Labute approximate surface area is 140 Å². The number of unbranched alkanes of at least 4 members (excludes halogenated alkanes) is 1. The van der Waals surface area contributed by atoms with E-state index in [1.807, 2.05) is 0 Å². The molecule has 0 unspecified atom stereocenters. The fraction of sp³-hybridized carbons (Fsp3) is 0.357. The molecule has 1 heterocycles. The Balaban J connectivity index is 1.83. The monoisotopic (exact) mass is 387 g/mol. The van der Waals surface area contributed by atoms with Crippen LogP contribution in [0.1, 0.15) is 24.8 Å². The molecule has 22 heavy (non-hydrogen) atoms. The van der Waals surface area contributed by atoms with Gasteiger partial charge in [0.15, 0.2) is 18.2 Å². The van der Waals surface area contributed by atoms with Crippen molar-refractivity contribution in [1.29, 1.82) is 0 Å². The Hall–Kier alpha value is -1.54. The predicted octanol–water partition coefficient (Wildman–Crippen LogP) is 3.80. The van der Waals surface area contributed by atoms with Crippen LogP contribution in [0.5, 0.6) is 5.75 Å².